The highest BCUT2D eigenvalue weighted by molar-refractivity contribution is 6.01. The van der Waals surface area contributed by atoms with Crippen molar-refractivity contribution < 1.29 is 34.4 Å². The molecule has 4 aliphatic carbocycles. The molecule has 182 valence electrons. The zero-order valence-electron chi connectivity index (χ0n) is 20.1. The number of carbonyl (C=O) groups is 3. The highest BCUT2D eigenvalue weighted by atomic mass is 16.6. The van der Waals surface area contributed by atoms with Crippen molar-refractivity contribution in [3.05, 3.63) is 23.8 Å². The molecule has 0 aromatic carbocycles. The van der Waals surface area contributed by atoms with Crippen molar-refractivity contribution in [2.45, 2.75) is 84.5 Å². The third-order valence-electron chi connectivity index (χ3n) is 9.21. The summed E-state index contributed by atoms with van der Waals surface area (Å²) in [6, 6.07) is 0. The first-order chi connectivity index (χ1) is 15.1. The predicted octanol–water partition coefficient (Wildman–Crippen LogP) is 3.04. The summed E-state index contributed by atoms with van der Waals surface area (Å²) >= 11 is 0. The first-order valence-corrected chi connectivity index (χ1v) is 11.9. The van der Waals surface area contributed by atoms with Crippen LogP contribution in [0.1, 0.15) is 66.7 Å². The van der Waals surface area contributed by atoms with Crippen LogP contribution in [0.2, 0.25) is 0 Å². The van der Waals surface area contributed by atoms with Crippen molar-refractivity contribution in [2.75, 3.05) is 0 Å². The normalized spacial score (nSPS) is 43.1. The molecule has 7 nitrogen and oxygen atoms in total. The van der Waals surface area contributed by atoms with E-state index in [0.29, 0.717) is 6.42 Å². The molecule has 0 radical (unpaired) electrons. The van der Waals surface area contributed by atoms with E-state index in [-0.39, 0.29) is 36.4 Å². The van der Waals surface area contributed by atoms with Gasteiger partial charge in [0.15, 0.2) is 5.78 Å². The van der Waals surface area contributed by atoms with Gasteiger partial charge in [-0.3, -0.25) is 9.59 Å². The van der Waals surface area contributed by atoms with Gasteiger partial charge in [0.1, 0.15) is 5.60 Å². The molecule has 4 rings (SSSR count). The van der Waals surface area contributed by atoms with Gasteiger partial charge in [-0.2, -0.15) is 0 Å². The maximum atomic E-state index is 12.6. The van der Waals surface area contributed by atoms with Crippen molar-refractivity contribution in [1.29, 1.82) is 0 Å². The Hall–Kier alpha value is -1.99. The van der Waals surface area contributed by atoms with Crippen LogP contribution in [0, 0.1) is 34.0 Å². The fourth-order valence-electron chi connectivity index (χ4n) is 7.43. The van der Waals surface area contributed by atoms with Gasteiger partial charge >= 0.3 is 11.9 Å². The van der Waals surface area contributed by atoms with Crippen LogP contribution in [-0.2, 0) is 19.1 Å². The minimum absolute atomic E-state index is 0.0312. The van der Waals surface area contributed by atoms with Crippen LogP contribution in [0.4, 0.5) is 0 Å². The molecule has 0 saturated heterocycles. The number of fused-ring (bicyclic) bond motifs is 5. The molecule has 0 heterocycles. The van der Waals surface area contributed by atoms with Gasteiger partial charge in [-0.15, -0.1) is 0 Å². The molecule has 3 N–H and O–H groups in total. The van der Waals surface area contributed by atoms with Crippen molar-refractivity contribution in [1.82, 2.24) is 0 Å². The number of aliphatic hydroxyl groups excluding tert-OH is 1. The lowest BCUT2D eigenvalue weighted by Crippen LogP contribution is -2.64. The molecule has 3 fully saturated rings. The predicted molar refractivity (Wildman–Crippen MR) is 120 cm³/mol. The van der Waals surface area contributed by atoms with Crippen LogP contribution in [0.5, 0.6) is 0 Å². The van der Waals surface area contributed by atoms with Crippen LogP contribution >= 0.6 is 0 Å². The van der Waals surface area contributed by atoms with Crippen molar-refractivity contribution in [2.24, 2.45) is 34.0 Å². The molecule has 7 heteroatoms. The van der Waals surface area contributed by atoms with E-state index in [1.165, 1.54) is 0 Å². The highest BCUT2D eigenvalue weighted by Crippen LogP contribution is 2.67. The second-order valence-electron chi connectivity index (χ2n) is 12.0. The fraction of sp³-hybridized carbons (Fsp3) is 0.731. The Balaban J connectivity index is 1.70. The highest BCUT2D eigenvalue weighted by Gasteiger charge is 2.70. The van der Waals surface area contributed by atoms with Gasteiger partial charge in [0, 0.05) is 16.7 Å². The molecule has 0 aliphatic heterocycles. The number of rotatable bonds is 3. The van der Waals surface area contributed by atoms with Crippen LogP contribution in [-0.4, -0.2) is 50.9 Å². The fourth-order valence-corrected chi connectivity index (χ4v) is 7.43. The van der Waals surface area contributed by atoms with Gasteiger partial charge in [0.25, 0.3) is 0 Å². The number of hydrogen-bond donors (Lipinski definition) is 3. The van der Waals surface area contributed by atoms with Crippen molar-refractivity contribution in [3.63, 3.8) is 0 Å². The van der Waals surface area contributed by atoms with Gasteiger partial charge in [-0.1, -0.05) is 25.5 Å². The lowest BCUT2D eigenvalue weighted by atomic mass is 9.46. The van der Waals surface area contributed by atoms with Crippen LogP contribution in [0.25, 0.3) is 0 Å². The van der Waals surface area contributed by atoms with Crippen molar-refractivity contribution in [3.8, 4) is 0 Å². The van der Waals surface area contributed by atoms with Crippen LogP contribution < -0.4 is 0 Å². The Bertz CT molecular complexity index is 943. The number of carbonyl (C=O) groups excluding carboxylic acids is 2. The summed E-state index contributed by atoms with van der Waals surface area (Å²) in [5.74, 6) is -2.18. The van der Waals surface area contributed by atoms with Crippen LogP contribution in [0.15, 0.2) is 23.8 Å². The van der Waals surface area contributed by atoms with E-state index in [1.807, 2.05) is 13.0 Å². The summed E-state index contributed by atoms with van der Waals surface area (Å²) in [5, 5.41) is 33.3. The van der Waals surface area contributed by atoms with E-state index in [9.17, 15) is 29.7 Å². The number of aliphatic hydroxyl groups is 2. The summed E-state index contributed by atoms with van der Waals surface area (Å²) in [6.45, 7) is 8.84. The largest absolute Gasteiger partial charge is 0.478 e. The molecular formula is C26H36O7. The van der Waals surface area contributed by atoms with E-state index in [0.717, 1.165) is 18.4 Å². The number of hydrogen-bond acceptors (Lipinski definition) is 6. The average Bonchev–Trinajstić information content (AvgIpc) is 2.96. The Morgan fingerprint density at radius 2 is 1.88 bits per heavy atom. The molecule has 33 heavy (non-hydrogen) atoms. The van der Waals surface area contributed by atoms with Gasteiger partial charge in [0.05, 0.1) is 11.5 Å². The summed E-state index contributed by atoms with van der Waals surface area (Å²) in [4.78, 5) is 36.8. The summed E-state index contributed by atoms with van der Waals surface area (Å²) in [6.07, 6.45) is 5.16. The quantitative estimate of drug-likeness (QED) is 0.554. The van der Waals surface area contributed by atoms with Crippen molar-refractivity contribution >= 4 is 17.7 Å². The second kappa shape index (κ2) is 7.51. The average molecular weight is 461 g/mol. The molecule has 0 bridgehead atoms. The maximum absolute atomic E-state index is 12.6. The van der Waals surface area contributed by atoms with E-state index in [2.05, 4.69) is 6.92 Å². The molecular weight excluding hydrogens is 424 g/mol. The Labute approximate surface area is 194 Å². The second-order valence-corrected chi connectivity index (χ2v) is 12.0. The monoisotopic (exact) mass is 460 g/mol. The number of carboxylic acids is 1. The SMILES string of the molecule is CC(C)(C)C(=O)O[C@H](C(=O)O)[C@@]1(O)CC[C@H]2[C@@H]3CCC4=CC(=O)C=C[C@]4(C)[C@H]3C(O)C[C@@]21C. The third kappa shape index (κ3) is 3.42. The first kappa shape index (κ1) is 24.1. The first-order valence-electron chi connectivity index (χ1n) is 11.9. The Kier molecular flexibility index (Phi) is 5.49. The lowest BCUT2D eigenvalue weighted by Gasteiger charge is -2.60. The van der Waals surface area contributed by atoms with Crippen LogP contribution in [0.3, 0.4) is 0 Å². The molecule has 0 spiro atoms. The lowest BCUT2D eigenvalue weighted by molar-refractivity contribution is -0.220. The van der Waals surface area contributed by atoms with E-state index in [4.69, 9.17) is 4.74 Å². The Morgan fingerprint density at radius 3 is 2.48 bits per heavy atom. The van der Waals surface area contributed by atoms with Gasteiger partial charge in [-0.25, -0.2) is 4.79 Å². The molecule has 0 aromatic rings. The number of aliphatic carboxylic acids is 1. The van der Waals surface area contributed by atoms with E-state index >= 15 is 0 Å². The zero-order chi connectivity index (χ0) is 24.6. The third-order valence-corrected chi connectivity index (χ3v) is 9.21. The molecule has 3 saturated carbocycles. The molecule has 1 unspecified atom stereocenters. The molecule has 8 atom stereocenters. The smallest absolute Gasteiger partial charge is 0.348 e. The summed E-state index contributed by atoms with van der Waals surface area (Å²) in [7, 11) is 0. The van der Waals surface area contributed by atoms with Gasteiger partial charge < -0.3 is 20.1 Å². The number of ether oxygens (including phenoxy) is 1. The topological polar surface area (TPSA) is 121 Å². The summed E-state index contributed by atoms with van der Waals surface area (Å²) in [5.41, 5.74) is -3.03. The maximum Gasteiger partial charge on any atom is 0.348 e. The Morgan fingerprint density at radius 1 is 1.21 bits per heavy atom. The van der Waals surface area contributed by atoms with E-state index in [1.54, 1.807) is 32.9 Å². The zero-order valence-corrected chi connectivity index (χ0v) is 20.1. The minimum Gasteiger partial charge on any atom is -0.478 e. The molecule has 0 amide bonds. The standard InChI is InChI=1S/C26H36O7/c1-23(2,3)22(31)33-20(21(29)30)26(32)11-9-17-16-7-6-14-12-15(27)8-10-24(14,4)19(16)18(28)13-25(17,26)5/h8,10,12,16-20,28,32H,6-7,9,11,13H2,1-5H3,(H,29,30)/t16-,17-,18?,19+,20+,24-,25-,26-/m0/s1. The molecule has 0 aromatic heterocycles. The minimum atomic E-state index is -1.79. The summed E-state index contributed by atoms with van der Waals surface area (Å²) < 4.78 is 5.44. The number of carboxylic acid groups (broad SMARTS) is 1. The number of esters is 1. The number of allylic oxidation sites excluding steroid dienone is 4. The molecule has 4 aliphatic rings. The number of ketones is 1. The van der Waals surface area contributed by atoms with Gasteiger partial charge in [-0.05, 0) is 76.9 Å². The van der Waals surface area contributed by atoms with Gasteiger partial charge in [0.2, 0.25) is 6.10 Å². The van der Waals surface area contributed by atoms with E-state index < -0.39 is 46.0 Å².